The highest BCUT2D eigenvalue weighted by Gasteiger charge is 2.14. The van der Waals surface area contributed by atoms with Gasteiger partial charge < -0.3 is 4.90 Å². The molecule has 0 amide bonds. The number of unbranched alkanes of at least 4 members (excludes halogenated alkanes) is 1. The molecule has 4 nitrogen and oxygen atoms in total. The quantitative estimate of drug-likeness (QED) is 0.683. The normalized spacial score (nSPS) is 12.3. The van der Waals surface area contributed by atoms with Crippen molar-refractivity contribution in [3.05, 3.63) is 27.7 Å². The molecule has 0 spiro atoms. The van der Waals surface area contributed by atoms with E-state index < -0.39 is 10.0 Å². The molecular weight excluding hydrogens is 376 g/mol. The van der Waals surface area contributed by atoms with E-state index in [9.17, 15) is 8.42 Å². The van der Waals surface area contributed by atoms with Crippen molar-refractivity contribution in [2.75, 3.05) is 20.1 Å². The van der Waals surface area contributed by atoms with Gasteiger partial charge in [-0.1, -0.05) is 11.6 Å². The van der Waals surface area contributed by atoms with Gasteiger partial charge in [0, 0.05) is 17.1 Å². The zero-order valence-corrected chi connectivity index (χ0v) is 15.7. The van der Waals surface area contributed by atoms with Crippen molar-refractivity contribution in [3.8, 4) is 0 Å². The molecule has 0 radical (unpaired) electrons. The van der Waals surface area contributed by atoms with Crippen molar-refractivity contribution in [1.82, 2.24) is 9.62 Å². The first-order chi connectivity index (χ1) is 9.74. The van der Waals surface area contributed by atoms with Gasteiger partial charge in [-0.2, -0.15) is 0 Å². The van der Waals surface area contributed by atoms with E-state index in [0.29, 0.717) is 22.1 Å². The van der Waals surface area contributed by atoms with E-state index in [1.54, 1.807) is 6.07 Å². The van der Waals surface area contributed by atoms with Crippen LogP contribution in [-0.4, -0.2) is 39.5 Å². The largest absolute Gasteiger partial charge is 0.304 e. The number of halogens is 2. The van der Waals surface area contributed by atoms with E-state index in [2.05, 4.69) is 46.4 Å². The van der Waals surface area contributed by atoms with Crippen LogP contribution >= 0.6 is 27.5 Å². The molecule has 1 aromatic carbocycles. The molecule has 0 aliphatic heterocycles. The average Bonchev–Trinajstić information content (AvgIpc) is 2.40. The summed E-state index contributed by atoms with van der Waals surface area (Å²) >= 11 is 9.10. The molecule has 1 rings (SSSR count). The number of hydrogen-bond acceptors (Lipinski definition) is 3. The van der Waals surface area contributed by atoms with Crippen LogP contribution in [0.2, 0.25) is 5.02 Å². The Kier molecular flexibility index (Phi) is 7.64. The molecule has 0 bridgehead atoms. The zero-order valence-electron chi connectivity index (χ0n) is 12.6. The fraction of sp³-hybridized carbons (Fsp3) is 0.571. The van der Waals surface area contributed by atoms with Gasteiger partial charge in [-0.05, 0) is 74.4 Å². The second kappa shape index (κ2) is 8.48. The van der Waals surface area contributed by atoms with E-state index in [1.807, 2.05) is 0 Å². The van der Waals surface area contributed by atoms with Crippen molar-refractivity contribution < 1.29 is 8.42 Å². The predicted molar refractivity (Wildman–Crippen MR) is 91.3 cm³/mol. The maximum Gasteiger partial charge on any atom is 0.240 e. The molecular formula is C14H22BrClN2O2S. The van der Waals surface area contributed by atoms with E-state index in [0.717, 1.165) is 19.4 Å². The Hall–Kier alpha value is -0.140. The van der Waals surface area contributed by atoms with Crippen LogP contribution in [0.25, 0.3) is 0 Å². The van der Waals surface area contributed by atoms with Gasteiger partial charge in [0.15, 0.2) is 0 Å². The maximum atomic E-state index is 12.1. The van der Waals surface area contributed by atoms with Gasteiger partial charge in [0.05, 0.1) is 9.92 Å². The Labute approximate surface area is 141 Å². The fourth-order valence-electron chi connectivity index (χ4n) is 1.68. The van der Waals surface area contributed by atoms with E-state index in [-0.39, 0.29) is 4.90 Å². The van der Waals surface area contributed by atoms with Gasteiger partial charge in [0.2, 0.25) is 10.0 Å². The van der Waals surface area contributed by atoms with Crippen molar-refractivity contribution in [3.63, 3.8) is 0 Å². The minimum absolute atomic E-state index is 0.220. The summed E-state index contributed by atoms with van der Waals surface area (Å²) in [6, 6.07) is 5.09. The monoisotopic (exact) mass is 396 g/mol. The lowest BCUT2D eigenvalue weighted by Gasteiger charge is -2.20. The smallest absolute Gasteiger partial charge is 0.240 e. The summed E-state index contributed by atoms with van der Waals surface area (Å²) in [6.45, 7) is 5.68. The Bertz CT molecular complexity index is 564. The number of benzene rings is 1. The topological polar surface area (TPSA) is 49.4 Å². The van der Waals surface area contributed by atoms with Crippen molar-refractivity contribution in [1.29, 1.82) is 0 Å². The number of sulfonamides is 1. The van der Waals surface area contributed by atoms with Gasteiger partial charge in [0.1, 0.15) is 0 Å². The Morgan fingerprint density at radius 2 is 2.00 bits per heavy atom. The molecule has 1 aromatic rings. The molecule has 1 N–H and O–H groups in total. The summed E-state index contributed by atoms with van der Waals surface area (Å²) in [6.07, 6.45) is 1.77. The fourth-order valence-corrected chi connectivity index (χ4v) is 3.43. The zero-order chi connectivity index (χ0) is 16.0. The minimum atomic E-state index is -3.47. The predicted octanol–water partition coefficient (Wildman–Crippen LogP) is 3.50. The van der Waals surface area contributed by atoms with Gasteiger partial charge in [-0.25, -0.2) is 13.1 Å². The first-order valence-corrected chi connectivity index (χ1v) is 9.54. The number of nitrogens with zero attached hydrogens (tertiary/aromatic N) is 1. The SMILES string of the molecule is CC(C)N(C)CCCCNS(=O)(=O)c1ccc(Cl)c(Br)c1. The third-order valence-corrected chi connectivity index (χ3v) is 5.99. The van der Waals surface area contributed by atoms with Crippen LogP contribution in [0.3, 0.4) is 0 Å². The maximum absolute atomic E-state index is 12.1. The van der Waals surface area contributed by atoms with Crippen LogP contribution in [-0.2, 0) is 10.0 Å². The summed E-state index contributed by atoms with van der Waals surface area (Å²) in [5, 5.41) is 0.491. The molecule has 0 unspecified atom stereocenters. The highest BCUT2D eigenvalue weighted by atomic mass is 79.9. The van der Waals surface area contributed by atoms with Crippen molar-refractivity contribution >= 4 is 37.6 Å². The first-order valence-electron chi connectivity index (χ1n) is 6.89. The lowest BCUT2D eigenvalue weighted by molar-refractivity contribution is 0.268. The summed E-state index contributed by atoms with van der Waals surface area (Å²) in [5.41, 5.74) is 0. The number of rotatable bonds is 8. The van der Waals surface area contributed by atoms with Gasteiger partial charge in [0.25, 0.3) is 0 Å². The molecule has 7 heteroatoms. The summed E-state index contributed by atoms with van der Waals surface area (Å²) < 4.78 is 27.4. The average molecular weight is 398 g/mol. The molecule has 0 saturated heterocycles. The van der Waals surface area contributed by atoms with E-state index in [1.165, 1.54) is 12.1 Å². The molecule has 0 aliphatic rings. The van der Waals surface area contributed by atoms with Gasteiger partial charge in [-0.15, -0.1) is 0 Å². The Morgan fingerprint density at radius 3 is 2.57 bits per heavy atom. The second-order valence-corrected chi connectivity index (χ2v) is 8.28. The summed E-state index contributed by atoms with van der Waals surface area (Å²) in [7, 11) is -1.40. The van der Waals surface area contributed by atoms with Crippen LogP contribution in [0.4, 0.5) is 0 Å². The van der Waals surface area contributed by atoms with Gasteiger partial charge >= 0.3 is 0 Å². The Balaban J connectivity index is 2.45. The highest BCUT2D eigenvalue weighted by molar-refractivity contribution is 9.10. The lowest BCUT2D eigenvalue weighted by Crippen LogP contribution is -2.29. The molecule has 0 aliphatic carbocycles. The van der Waals surface area contributed by atoms with Crippen LogP contribution in [0, 0.1) is 0 Å². The number of nitrogens with one attached hydrogen (secondary N) is 1. The molecule has 0 heterocycles. The molecule has 21 heavy (non-hydrogen) atoms. The molecule has 120 valence electrons. The van der Waals surface area contributed by atoms with Crippen LogP contribution in [0.5, 0.6) is 0 Å². The summed E-state index contributed by atoms with van der Waals surface area (Å²) in [4.78, 5) is 2.46. The van der Waals surface area contributed by atoms with Crippen LogP contribution in [0.1, 0.15) is 26.7 Å². The van der Waals surface area contributed by atoms with Crippen molar-refractivity contribution in [2.45, 2.75) is 37.6 Å². The molecule has 0 fully saturated rings. The van der Waals surface area contributed by atoms with Crippen LogP contribution < -0.4 is 4.72 Å². The molecule has 0 atom stereocenters. The third kappa shape index (κ3) is 6.24. The standard InChI is InChI=1S/C14H22BrClN2O2S/c1-11(2)18(3)9-5-4-8-17-21(19,20)12-6-7-14(16)13(15)10-12/h6-7,10-11,17H,4-5,8-9H2,1-3H3. The second-order valence-electron chi connectivity index (χ2n) is 5.26. The van der Waals surface area contributed by atoms with E-state index in [4.69, 9.17) is 11.6 Å². The highest BCUT2D eigenvalue weighted by Crippen LogP contribution is 2.25. The van der Waals surface area contributed by atoms with E-state index >= 15 is 0 Å². The lowest BCUT2D eigenvalue weighted by atomic mass is 10.2. The van der Waals surface area contributed by atoms with Crippen LogP contribution in [0.15, 0.2) is 27.6 Å². The van der Waals surface area contributed by atoms with Crippen molar-refractivity contribution in [2.24, 2.45) is 0 Å². The summed E-state index contributed by atoms with van der Waals surface area (Å²) in [5.74, 6) is 0. The molecule has 0 saturated carbocycles. The molecule has 0 aromatic heterocycles. The Morgan fingerprint density at radius 1 is 1.33 bits per heavy atom. The van der Waals surface area contributed by atoms with Gasteiger partial charge in [-0.3, -0.25) is 0 Å². The first kappa shape index (κ1) is 18.9. The minimum Gasteiger partial charge on any atom is -0.304 e. The third-order valence-electron chi connectivity index (χ3n) is 3.31. The number of hydrogen-bond donors (Lipinski definition) is 1.